The van der Waals surface area contributed by atoms with Gasteiger partial charge in [-0.15, -0.1) is 0 Å². The van der Waals surface area contributed by atoms with Gasteiger partial charge in [-0.1, -0.05) is 260 Å². The molecule has 0 aromatic carbocycles. The highest BCUT2D eigenvalue weighted by Crippen LogP contribution is 2.18. The molecule has 0 aliphatic heterocycles. The number of ether oxygens (including phenoxy) is 3. The van der Waals surface area contributed by atoms with Crippen molar-refractivity contribution in [3.8, 4) is 0 Å². The SMILES string of the molecule is CC(C)CCCCCCCCCCCCCCCC(=O)OC[C@H](COC(=O)CCCCCCCCCCCCCCC(C)C)OC(=O)CCCCCCCCCCCC(C)C. The third-order valence-electron chi connectivity index (χ3n) is 12.4. The lowest BCUT2D eigenvalue weighted by molar-refractivity contribution is -0.167. The van der Waals surface area contributed by atoms with Crippen molar-refractivity contribution in [3.05, 3.63) is 0 Å². The summed E-state index contributed by atoms with van der Waals surface area (Å²) in [6.45, 7) is 13.7. The lowest BCUT2D eigenvalue weighted by Gasteiger charge is -2.18. The first kappa shape index (κ1) is 59.4. The molecule has 6 nitrogen and oxygen atoms in total. The molecule has 0 saturated heterocycles. The van der Waals surface area contributed by atoms with Gasteiger partial charge >= 0.3 is 17.9 Å². The van der Waals surface area contributed by atoms with Gasteiger partial charge in [0.05, 0.1) is 0 Å². The van der Waals surface area contributed by atoms with Crippen molar-refractivity contribution in [1.29, 1.82) is 0 Å². The zero-order valence-corrected chi connectivity index (χ0v) is 42.0. The number of carbonyl (C=O) groups is 3. The van der Waals surface area contributed by atoms with E-state index < -0.39 is 6.10 Å². The van der Waals surface area contributed by atoms with Crippen molar-refractivity contribution in [3.63, 3.8) is 0 Å². The molecule has 0 aromatic heterocycles. The normalized spacial score (nSPS) is 12.1. The summed E-state index contributed by atoms with van der Waals surface area (Å²) in [6.07, 6.45) is 46.6. The van der Waals surface area contributed by atoms with Gasteiger partial charge in [0.1, 0.15) is 13.2 Å². The molecule has 0 spiro atoms. The molecule has 0 N–H and O–H groups in total. The van der Waals surface area contributed by atoms with Crippen molar-refractivity contribution >= 4 is 17.9 Å². The van der Waals surface area contributed by atoms with Gasteiger partial charge in [0.2, 0.25) is 0 Å². The van der Waals surface area contributed by atoms with Crippen molar-refractivity contribution in [2.24, 2.45) is 17.8 Å². The van der Waals surface area contributed by atoms with E-state index in [2.05, 4.69) is 41.5 Å². The minimum Gasteiger partial charge on any atom is -0.462 e. The maximum Gasteiger partial charge on any atom is 0.306 e. The third-order valence-corrected chi connectivity index (χ3v) is 12.4. The molecule has 0 aliphatic rings. The second-order valence-electron chi connectivity index (χ2n) is 20.3. The average molecular weight is 863 g/mol. The van der Waals surface area contributed by atoms with Crippen LogP contribution in [0.25, 0.3) is 0 Å². The van der Waals surface area contributed by atoms with Crippen LogP contribution in [0.2, 0.25) is 0 Å². The molecular weight excluding hydrogens is 757 g/mol. The molecule has 6 heteroatoms. The summed E-state index contributed by atoms with van der Waals surface area (Å²) in [4.78, 5) is 38.0. The Morgan fingerprint density at radius 2 is 0.475 bits per heavy atom. The van der Waals surface area contributed by atoms with E-state index in [4.69, 9.17) is 14.2 Å². The van der Waals surface area contributed by atoms with Crippen LogP contribution >= 0.6 is 0 Å². The topological polar surface area (TPSA) is 78.9 Å². The van der Waals surface area contributed by atoms with Crippen molar-refractivity contribution < 1.29 is 28.6 Å². The van der Waals surface area contributed by atoms with E-state index in [0.717, 1.165) is 75.5 Å². The lowest BCUT2D eigenvalue weighted by Crippen LogP contribution is -2.30. The average Bonchev–Trinajstić information content (AvgIpc) is 3.22. The molecule has 0 heterocycles. The largest absolute Gasteiger partial charge is 0.462 e. The van der Waals surface area contributed by atoms with Gasteiger partial charge in [-0.2, -0.15) is 0 Å². The second-order valence-corrected chi connectivity index (χ2v) is 20.3. The van der Waals surface area contributed by atoms with Crippen LogP contribution < -0.4 is 0 Å². The molecule has 0 rings (SSSR count). The van der Waals surface area contributed by atoms with Gasteiger partial charge in [0.25, 0.3) is 0 Å². The first-order valence-electron chi connectivity index (χ1n) is 27.1. The highest BCUT2D eigenvalue weighted by molar-refractivity contribution is 5.71. The summed E-state index contributed by atoms with van der Waals surface area (Å²) >= 11 is 0. The minimum absolute atomic E-state index is 0.0644. The fraction of sp³-hybridized carbons (Fsp3) is 0.945. The minimum atomic E-state index is -0.763. The van der Waals surface area contributed by atoms with Crippen LogP contribution in [0.5, 0.6) is 0 Å². The van der Waals surface area contributed by atoms with E-state index in [0.29, 0.717) is 19.3 Å². The van der Waals surface area contributed by atoms with E-state index in [1.54, 1.807) is 0 Å². The molecular formula is C55H106O6. The lowest BCUT2D eigenvalue weighted by atomic mass is 10.0. The van der Waals surface area contributed by atoms with Crippen LogP contribution in [-0.2, 0) is 28.6 Å². The number of hydrogen-bond acceptors (Lipinski definition) is 6. The van der Waals surface area contributed by atoms with Gasteiger partial charge < -0.3 is 14.2 Å². The summed E-state index contributed by atoms with van der Waals surface area (Å²) in [6, 6.07) is 0. The number of esters is 3. The molecule has 0 radical (unpaired) electrons. The molecule has 362 valence electrons. The Morgan fingerprint density at radius 1 is 0.279 bits per heavy atom. The van der Waals surface area contributed by atoms with E-state index in [1.165, 1.54) is 180 Å². The van der Waals surface area contributed by atoms with Crippen molar-refractivity contribution in [1.82, 2.24) is 0 Å². The predicted octanol–water partition coefficient (Wildman–Crippen LogP) is 17.6. The maximum atomic E-state index is 12.8. The van der Waals surface area contributed by atoms with Gasteiger partial charge in [0.15, 0.2) is 6.10 Å². The Hall–Kier alpha value is -1.59. The van der Waals surface area contributed by atoms with E-state index in [9.17, 15) is 14.4 Å². The highest BCUT2D eigenvalue weighted by Gasteiger charge is 2.19. The summed E-state index contributed by atoms with van der Waals surface area (Å²) in [5.41, 5.74) is 0. The molecule has 0 unspecified atom stereocenters. The predicted molar refractivity (Wildman–Crippen MR) is 261 cm³/mol. The summed E-state index contributed by atoms with van der Waals surface area (Å²) in [5.74, 6) is 1.63. The zero-order valence-electron chi connectivity index (χ0n) is 42.0. The van der Waals surface area contributed by atoms with Gasteiger partial charge in [-0.3, -0.25) is 14.4 Å². The fourth-order valence-corrected chi connectivity index (χ4v) is 8.29. The molecule has 0 amide bonds. The number of hydrogen-bond donors (Lipinski definition) is 0. The molecule has 0 bridgehead atoms. The Balaban J connectivity index is 4.30. The van der Waals surface area contributed by atoms with Crippen LogP contribution in [0.4, 0.5) is 0 Å². The van der Waals surface area contributed by atoms with E-state index >= 15 is 0 Å². The van der Waals surface area contributed by atoms with Crippen LogP contribution in [0.1, 0.15) is 298 Å². The Labute approximate surface area is 380 Å². The zero-order chi connectivity index (χ0) is 44.9. The summed E-state index contributed by atoms with van der Waals surface area (Å²) in [5, 5.41) is 0. The van der Waals surface area contributed by atoms with E-state index in [1.807, 2.05) is 0 Å². The first-order valence-corrected chi connectivity index (χ1v) is 27.1. The van der Waals surface area contributed by atoms with Gasteiger partial charge in [-0.05, 0) is 37.0 Å². The second kappa shape index (κ2) is 46.4. The van der Waals surface area contributed by atoms with Crippen molar-refractivity contribution in [2.75, 3.05) is 13.2 Å². The molecule has 0 aliphatic carbocycles. The van der Waals surface area contributed by atoms with Crippen molar-refractivity contribution in [2.45, 2.75) is 304 Å². The van der Waals surface area contributed by atoms with E-state index in [-0.39, 0.29) is 31.1 Å². The quantitative estimate of drug-likeness (QED) is 0.0344. The maximum absolute atomic E-state index is 12.8. The number of unbranched alkanes of at least 4 members (excludes halogenated alkanes) is 31. The van der Waals surface area contributed by atoms with Crippen LogP contribution in [0.3, 0.4) is 0 Å². The third kappa shape index (κ3) is 49.3. The fourth-order valence-electron chi connectivity index (χ4n) is 8.29. The number of carbonyl (C=O) groups excluding carboxylic acids is 3. The van der Waals surface area contributed by atoms with Crippen LogP contribution in [0.15, 0.2) is 0 Å². The molecule has 0 aromatic rings. The first-order chi connectivity index (χ1) is 29.6. The summed E-state index contributed by atoms with van der Waals surface area (Å²) < 4.78 is 16.8. The molecule has 0 saturated carbocycles. The smallest absolute Gasteiger partial charge is 0.306 e. The Morgan fingerprint density at radius 3 is 0.705 bits per heavy atom. The molecule has 0 fully saturated rings. The van der Waals surface area contributed by atoms with Crippen LogP contribution in [-0.4, -0.2) is 37.2 Å². The number of rotatable bonds is 48. The summed E-state index contributed by atoms with van der Waals surface area (Å²) in [7, 11) is 0. The highest BCUT2D eigenvalue weighted by atomic mass is 16.6. The standard InChI is InChI=1S/C55H106O6/c1-49(2)41-35-29-23-17-12-8-7-9-14-20-26-32-38-44-53(56)59-47-52(61-55(58)46-40-34-28-22-16-19-25-31-37-43-51(5)6)48-60-54(57)45-39-33-27-21-15-11-10-13-18-24-30-36-42-50(3)4/h49-52H,7-48H2,1-6H3/t52-/m1/s1. The van der Waals surface area contributed by atoms with Crippen LogP contribution in [0, 0.1) is 17.8 Å². The molecule has 61 heavy (non-hydrogen) atoms. The monoisotopic (exact) mass is 863 g/mol. The van der Waals surface area contributed by atoms with Gasteiger partial charge in [0, 0.05) is 19.3 Å². The molecule has 1 atom stereocenters. The Kier molecular flexibility index (Phi) is 45.2. The Bertz CT molecular complexity index is 945. The van der Waals surface area contributed by atoms with Gasteiger partial charge in [-0.25, -0.2) is 0 Å².